The van der Waals surface area contributed by atoms with E-state index >= 15 is 0 Å². The monoisotopic (exact) mass is 467 g/mol. The van der Waals surface area contributed by atoms with Crippen LogP contribution in [0, 0.1) is 5.92 Å². The number of carbonyl (C=O) groups excluding carboxylic acids is 1. The molecule has 3 N–H and O–H groups in total. The van der Waals surface area contributed by atoms with Crippen molar-refractivity contribution in [2.75, 3.05) is 32.7 Å². The van der Waals surface area contributed by atoms with E-state index in [1.807, 2.05) is 27.7 Å². The molecule has 25 heavy (non-hydrogen) atoms. The van der Waals surface area contributed by atoms with Gasteiger partial charge in [0.2, 0.25) is 5.91 Å². The number of hydrogen-bond donors (Lipinski definition) is 3. The Bertz CT molecular complexity index is 414. The number of aliphatic imine (C=N–C) groups is 1. The summed E-state index contributed by atoms with van der Waals surface area (Å²) < 4.78 is 0. The van der Waals surface area contributed by atoms with Gasteiger partial charge in [-0.2, -0.15) is 0 Å². The minimum absolute atomic E-state index is 0. The van der Waals surface area contributed by atoms with Crippen molar-refractivity contribution in [2.24, 2.45) is 10.9 Å². The summed E-state index contributed by atoms with van der Waals surface area (Å²) in [5.74, 6) is 1.50. The molecule has 0 aromatic carbocycles. The van der Waals surface area contributed by atoms with Crippen LogP contribution in [0.3, 0.4) is 0 Å². The van der Waals surface area contributed by atoms with Crippen molar-refractivity contribution in [2.45, 2.75) is 66.0 Å². The summed E-state index contributed by atoms with van der Waals surface area (Å²) in [7, 11) is 0. The molecule has 1 saturated heterocycles. The van der Waals surface area contributed by atoms with Gasteiger partial charge in [0, 0.05) is 24.7 Å². The Morgan fingerprint density at radius 2 is 1.84 bits per heavy atom. The SMILES string of the molecule is CCNC(=NCC(=O)NC(C)(C)C)NCC(C)N1CCC(C)CC1.I. The standard InChI is InChI=1S/C18H37N5O.HI/c1-7-19-17(21-13-16(24)22-18(4,5)6)20-12-15(3)23-10-8-14(2)9-11-23;/h14-15H,7-13H2,1-6H3,(H,22,24)(H2,19,20,21);1H. The van der Waals surface area contributed by atoms with Gasteiger partial charge in [-0.25, -0.2) is 4.99 Å². The van der Waals surface area contributed by atoms with Gasteiger partial charge in [-0.15, -0.1) is 24.0 Å². The van der Waals surface area contributed by atoms with Crippen molar-refractivity contribution >= 4 is 35.8 Å². The fourth-order valence-corrected chi connectivity index (χ4v) is 2.79. The highest BCUT2D eigenvalue weighted by molar-refractivity contribution is 14.0. The lowest BCUT2D eigenvalue weighted by molar-refractivity contribution is -0.121. The summed E-state index contributed by atoms with van der Waals surface area (Å²) in [5.41, 5.74) is -0.224. The molecule has 1 unspecified atom stereocenters. The molecule has 0 aromatic heterocycles. The van der Waals surface area contributed by atoms with Crippen molar-refractivity contribution in [3.05, 3.63) is 0 Å². The van der Waals surface area contributed by atoms with Crippen LogP contribution in [0.1, 0.15) is 54.4 Å². The molecule has 0 aliphatic carbocycles. The van der Waals surface area contributed by atoms with Crippen LogP contribution in [-0.2, 0) is 4.79 Å². The number of guanidine groups is 1. The largest absolute Gasteiger partial charge is 0.357 e. The summed E-state index contributed by atoms with van der Waals surface area (Å²) in [6, 6.07) is 0.463. The second-order valence-electron chi connectivity index (χ2n) is 7.94. The van der Waals surface area contributed by atoms with Gasteiger partial charge >= 0.3 is 0 Å². The first-order valence-electron chi connectivity index (χ1n) is 9.28. The molecule has 0 saturated carbocycles. The number of halogens is 1. The lowest BCUT2D eigenvalue weighted by Gasteiger charge is -2.35. The Kier molecular flexibility index (Phi) is 11.7. The summed E-state index contributed by atoms with van der Waals surface area (Å²) in [5, 5.41) is 9.50. The number of nitrogens with zero attached hydrogens (tertiary/aromatic N) is 2. The van der Waals surface area contributed by atoms with Gasteiger partial charge in [0.05, 0.1) is 0 Å². The Morgan fingerprint density at radius 3 is 2.36 bits per heavy atom. The first-order valence-corrected chi connectivity index (χ1v) is 9.28. The van der Waals surface area contributed by atoms with E-state index in [2.05, 4.69) is 39.7 Å². The lowest BCUT2D eigenvalue weighted by atomic mass is 9.98. The fourth-order valence-electron chi connectivity index (χ4n) is 2.79. The molecule has 1 rings (SSSR count). The van der Waals surface area contributed by atoms with E-state index < -0.39 is 0 Å². The first-order chi connectivity index (χ1) is 11.2. The summed E-state index contributed by atoms with van der Waals surface area (Å²) in [4.78, 5) is 18.8. The van der Waals surface area contributed by atoms with Crippen LogP contribution in [0.25, 0.3) is 0 Å². The van der Waals surface area contributed by atoms with E-state index in [4.69, 9.17) is 0 Å². The molecule has 1 aliphatic heterocycles. The van der Waals surface area contributed by atoms with Crippen LogP contribution in [0.4, 0.5) is 0 Å². The topological polar surface area (TPSA) is 68.8 Å². The van der Waals surface area contributed by atoms with Gasteiger partial charge in [0.15, 0.2) is 5.96 Å². The minimum atomic E-state index is -0.224. The third-order valence-corrected chi connectivity index (χ3v) is 4.25. The van der Waals surface area contributed by atoms with Gasteiger partial charge in [-0.05, 0) is 66.5 Å². The number of piperidine rings is 1. The minimum Gasteiger partial charge on any atom is -0.357 e. The molecule has 6 nitrogen and oxygen atoms in total. The number of nitrogens with one attached hydrogen (secondary N) is 3. The molecule has 1 amide bonds. The van der Waals surface area contributed by atoms with Crippen LogP contribution in [0.15, 0.2) is 4.99 Å². The maximum absolute atomic E-state index is 11.9. The number of rotatable bonds is 6. The van der Waals surface area contributed by atoms with E-state index in [9.17, 15) is 4.79 Å². The molecule has 1 heterocycles. The summed E-state index contributed by atoms with van der Waals surface area (Å²) in [6.07, 6.45) is 2.57. The zero-order valence-electron chi connectivity index (χ0n) is 16.8. The van der Waals surface area contributed by atoms with E-state index in [0.29, 0.717) is 12.0 Å². The second kappa shape index (κ2) is 11.9. The second-order valence-corrected chi connectivity index (χ2v) is 7.94. The number of hydrogen-bond acceptors (Lipinski definition) is 3. The van der Waals surface area contributed by atoms with Crippen molar-refractivity contribution in [3.63, 3.8) is 0 Å². The third-order valence-electron chi connectivity index (χ3n) is 4.25. The van der Waals surface area contributed by atoms with Crippen molar-refractivity contribution in [3.8, 4) is 0 Å². The summed E-state index contributed by atoms with van der Waals surface area (Å²) in [6.45, 7) is 16.6. The molecule has 7 heteroatoms. The van der Waals surface area contributed by atoms with Gasteiger partial charge in [-0.3, -0.25) is 9.69 Å². The molecule has 1 aliphatic rings. The molecule has 0 radical (unpaired) electrons. The Balaban J connectivity index is 0.00000576. The van der Waals surface area contributed by atoms with Crippen molar-refractivity contribution in [1.29, 1.82) is 0 Å². The normalized spacial score (nSPS) is 18.2. The van der Waals surface area contributed by atoms with Crippen molar-refractivity contribution in [1.82, 2.24) is 20.9 Å². The smallest absolute Gasteiger partial charge is 0.242 e. The Morgan fingerprint density at radius 1 is 1.24 bits per heavy atom. The molecule has 1 atom stereocenters. The highest BCUT2D eigenvalue weighted by Gasteiger charge is 2.20. The highest BCUT2D eigenvalue weighted by atomic mass is 127. The van der Waals surface area contributed by atoms with E-state index in [1.165, 1.54) is 25.9 Å². The molecular formula is C18H38IN5O. The number of amides is 1. The van der Waals surface area contributed by atoms with Crippen LogP contribution in [0.5, 0.6) is 0 Å². The molecular weight excluding hydrogens is 429 g/mol. The maximum atomic E-state index is 11.9. The maximum Gasteiger partial charge on any atom is 0.242 e. The van der Waals surface area contributed by atoms with Crippen LogP contribution < -0.4 is 16.0 Å². The van der Waals surface area contributed by atoms with Crippen LogP contribution in [0.2, 0.25) is 0 Å². The van der Waals surface area contributed by atoms with Gasteiger partial charge in [-0.1, -0.05) is 6.92 Å². The van der Waals surface area contributed by atoms with Crippen LogP contribution in [-0.4, -0.2) is 61.1 Å². The summed E-state index contributed by atoms with van der Waals surface area (Å²) >= 11 is 0. The highest BCUT2D eigenvalue weighted by Crippen LogP contribution is 2.17. The van der Waals surface area contributed by atoms with Crippen LogP contribution >= 0.6 is 24.0 Å². The predicted octanol–water partition coefficient (Wildman–Crippen LogP) is 2.19. The average molecular weight is 467 g/mol. The zero-order chi connectivity index (χ0) is 18.2. The molecule has 1 fully saturated rings. The molecule has 0 aromatic rings. The molecule has 0 spiro atoms. The molecule has 148 valence electrons. The number of likely N-dealkylation sites (tertiary alicyclic amines) is 1. The lowest BCUT2D eigenvalue weighted by Crippen LogP contribution is -2.48. The van der Waals surface area contributed by atoms with E-state index in [0.717, 1.165) is 19.0 Å². The Labute approximate surface area is 171 Å². The van der Waals surface area contributed by atoms with Gasteiger partial charge in [0.1, 0.15) is 6.54 Å². The average Bonchev–Trinajstić information content (AvgIpc) is 2.48. The van der Waals surface area contributed by atoms with E-state index in [1.54, 1.807) is 0 Å². The fraction of sp³-hybridized carbons (Fsp3) is 0.889. The zero-order valence-corrected chi connectivity index (χ0v) is 19.1. The predicted molar refractivity (Wildman–Crippen MR) is 117 cm³/mol. The quantitative estimate of drug-likeness (QED) is 0.318. The van der Waals surface area contributed by atoms with Gasteiger partial charge in [0.25, 0.3) is 0 Å². The van der Waals surface area contributed by atoms with E-state index in [-0.39, 0.29) is 42.0 Å². The molecule has 0 bridgehead atoms. The third kappa shape index (κ3) is 10.9. The Hall–Kier alpha value is -0.570. The number of carbonyl (C=O) groups is 1. The van der Waals surface area contributed by atoms with Crippen molar-refractivity contribution < 1.29 is 4.79 Å². The first kappa shape index (κ1) is 24.4. The van der Waals surface area contributed by atoms with Gasteiger partial charge < -0.3 is 16.0 Å².